The Balaban J connectivity index is 1.60. The molecule has 3 N–H and O–H groups in total. The Kier molecular flexibility index (Phi) is 21.3. The van der Waals surface area contributed by atoms with Gasteiger partial charge in [0, 0.05) is 30.1 Å². The predicted octanol–water partition coefficient (Wildman–Crippen LogP) is 9.96. The van der Waals surface area contributed by atoms with Crippen LogP contribution in [0.3, 0.4) is 0 Å². The van der Waals surface area contributed by atoms with Gasteiger partial charge in [0.15, 0.2) is 5.60 Å². The number of carbonyl (C=O) groups excluding carboxylic acids is 3. The van der Waals surface area contributed by atoms with Crippen molar-refractivity contribution in [2.24, 2.45) is 0 Å². The van der Waals surface area contributed by atoms with Gasteiger partial charge in [0.1, 0.15) is 5.75 Å². The van der Waals surface area contributed by atoms with E-state index in [9.17, 15) is 14.4 Å². The highest BCUT2D eigenvalue weighted by atomic mass is 35.5. The van der Waals surface area contributed by atoms with E-state index in [0.717, 1.165) is 44.1 Å². The molecule has 0 atom stereocenters. The topological polar surface area (TPSA) is 96.5 Å². The minimum absolute atomic E-state index is 0.0630. The highest BCUT2D eigenvalue weighted by Gasteiger charge is 2.34. The molecule has 0 saturated carbocycles. The van der Waals surface area contributed by atoms with Crippen LogP contribution in [0.5, 0.6) is 5.75 Å². The zero-order chi connectivity index (χ0) is 38.8. The van der Waals surface area contributed by atoms with Crippen molar-refractivity contribution >= 4 is 29.3 Å². The molecule has 0 aliphatic carbocycles. The first kappa shape index (κ1) is 44.5. The van der Waals surface area contributed by atoms with Crippen molar-refractivity contribution in [1.82, 2.24) is 16.0 Å². The molecule has 0 unspecified atom stereocenters. The Morgan fingerprint density at radius 1 is 0.679 bits per heavy atom. The molecule has 0 aromatic heterocycles. The molecule has 7 nitrogen and oxygen atoms in total. The van der Waals surface area contributed by atoms with Crippen LogP contribution in [-0.2, 0) is 16.0 Å². The third-order valence-electron chi connectivity index (χ3n) is 7.96. The first-order valence-electron chi connectivity index (χ1n) is 18.7. The van der Waals surface area contributed by atoms with E-state index in [1.165, 1.54) is 0 Å². The van der Waals surface area contributed by atoms with Gasteiger partial charge in [0.05, 0.1) is 5.54 Å². The van der Waals surface area contributed by atoms with Gasteiger partial charge in [0.25, 0.3) is 11.8 Å². The number of rotatable bonds is 24. The smallest absolute Gasteiger partial charge is 0.264 e. The summed E-state index contributed by atoms with van der Waals surface area (Å²) in [6.07, 6.45) is 33.4. The van der Waals surface area contributed by atoms with E-state index >= 15 is 0 Å². The summed E-state index contributed by atoms with van der Waals surface area (Å²) < 4.78 is 6.05. The van der Waals surface area contributed by atoms with Crippen LogP contribution in [0.25, 0.3) is 0 Å². The molecule has 286 valence electrons. The summed E-state index contributed by atoms with van der Waals surface area (Å²) in [5.74, 6) is 0.0492. The van der Waals surface area contributed by atoms with Gasteiger partial charge in [-0.05, 0) is 121 Å². The molecule has 2 aromatic rings. The van der Waals surface area contributed by atoms with Gasteiger partial charge in [-0.3, -0.25) is 14.4 Å². The number of allylic oxidation sites excluding steroid dienone is 12. The second-order valence-electron chi connectivity index (χ2n) is 13.8. The summed E-state index contributed by atoms with van der Waals surface area (Å²) in [7, 11) is 0. The highest BCUT2D eigenvalue weighted by molar-refractivity contribution is 6.30. The van der Waals surface area contributed by atoms with Gasteiger partial charge in [0.2, 0.25) is 5.91 Å². The van der Waals surface area contributed by atoms with E-state index in [2.05, 4.69) is 89.7 Å². The summed E-state index contributed by atoms with van der Waals surface area (Å²) in [4.78, 5) is 37.9. The van der Waals surface area contributed by atoms with Gasteiger partial charge in [-0.25, -0.2) is 0 Å². The lowest BCUT2D eigenvalue weighted by Crippen LogP contribution is -2.57. The third kappa shape index (κ3) is 20.9. The van der Waals surface area contributed by atoms with E-state index in [0.29, 0.717) is 48.7 Å². The van der Waals surface area contributed by atoms with Gasteiger partial charge in [-0.2, -0.15) is 0 Å². The Morgan fingerprint density at radius 2 is 1.19 bits per heavy atom. The molecule has 8 heteroatoms. The van der Waals surface area contributed by atoms with Crippen molar-refractivity contribution in [3.05, 3.63) is 138 Å². The average molecular weight is 742 g/mol. The van der Waals surface area contributed by atoms with Gasteiger partial charge in [-0.15, -0.1) is 0 Å². The van der Waals surface area contributed by atoms with Crippen molar-refractivity contribution in [1.29, 1.82) is 0 Å². The van der Waals surface area contributed by atoms with Crippen LogP contribution in [0.2, 0.25) is 5.02 Å². The van der Waals surface area contributed by atoms with Crippen LogP contribution in [-0.4, -0.2) is 42.0 Å². The standard InChI is InChI=1S/C45H60ClN3O4/c1-6-7-8-9-10-11-12-13-14-15-16-17-18-19-20-21-22-23-24-25-41(50)48-36-44(2,3)49-43(52)45(4,5)53-40-32-26-37(27-33-40)34-35-47-42(51)38-28-30-39(46)31-29-38/h7-8,10-11,13-14,16-17,19-20,22-23,26-33H,6,9,12,15,18,21,24-25,34-36H2,1-5H3,(H,47,51)(H,48,50)(H,49,52)/b8-7-,11-10-,14-13-,17-16-,20-19-,23-22-. The van der Waals surface area contributed by atoms with Crippen LogP contribution in [0.15, 0.2) is 121 Å². The number of nitrogens with one attached hydrogen (secondary N) is 3. The van der Waals surface area contributed by atoms with E-state index in [-0.39, 0.29) is 17.7 Å². The van der Waals surface area contributed by atoms with Crippen LogP contribution < -0.4 is 20.7 Å². The zero-order valence-corrected chi connectivity index (χ0v) is 33.1. The van der Waals surface area contributed by atoms with Crippen LogP contribution >= 0.6 is 11.6 Å². The molecule has 53 heavy (non-hydrogen) atoms. The molecular formula is C45H60ClN3O4. The Morgan fingerprint density at radius 3 is 1.72 bits per heavy atom. The van der Waals surface area contributed by atoms with Gasteiger partial charge < -0.3 is 20.7 Å². The molecule has 0 spiro atoms. The SMILES string of the molecule is CC/C=C\C/C=C\C/C=C\C/C=C\C/C=C\C/C=C\CCC(=O)NCC(C)(C)NC(=O)C(C)(C)Oc1ccc(CCNC(=O)c2ccc(Cl)cc2)cc1. The summed E-state index contributed by atoms with van der Waals surface area (Å²) >= 11 is 5.89. The second-order valence-corrected chi connectivity index (χ2v) is 14.3. The molecular weight excluding hydrogens is 682 g/mol. The van der Waals surface area contributed by atoms with Gasteiger partial charge >= 0.3 is 0 Å². The summed E-state index contributed by atoms with van der Waals surface area (Å²) in [6.45, 7) is 10.1. The van der Waals surface area contributed by atoms with Crippen molar-refractivity contribution in [3.63, 3.8) is 0 Å². The molecule has 2 aromatic carbocycles. The third-order valence-corrected chi connectivity index (χ3v) is 8.21. The molecule has 0 saturated heterocycles. The lowest BCUT2D eigenvalue weighted by molar-refractivity contribution is -0.136. The van der Waals surface area contributed by atoms with Crippen LogP contribution in [0.4, 0.5) is 0 Å². The minimum atomic E-state index is -1.15. The molecule has 0 fully saturated rings. The minimum Gasteiger partial charge on any atom is -0.478 e. The first-order valence-corrected chi connectivity index (χ1v) is 19.1. The fourth-order valence-electron chi connectivity index (χ4n) is 4.85. The average Bonchev–Trinajstić information content (AvgIpc) is 3.12. The second kappa shape index (κ2) is 25.4. The van der Waals surface area contributed by atoms with E-state index in [1.807, 2.05) is 44.2 Å². The predicted molar refractivity (Wildman–Crippen MR) is 221 cm³/mol. The molecule has 2 rings (SSSR count). The largest absolute Gasteiger partial charge is 0.478 e. The molecule has 3 amide bonds. The van der Waals surface area contributed by atoms with Crippen LogP contribution in [0.1, 0.15) is 102 Å². The number of ether oxygens (including phenoxy) is 1. The maximum Gasteiger partial charge on any atom is 0.264 e. The van der Waals surface area contributed by atoms with E-state index < -0.39 is 11.1 Å². The molecule has 0 heterocycles. The quantitative estimate of drug-likeness (QED) is 0.0934. The number of amides is 3. The van der Waals surface area contributed by atoms with Crippen molar-refractivity contribution in [3.8, 4) is 5.75 Å². The monoisotopic (exact) mass is 741 g/mol. The van der Waals surface area contributed by atoms with Crippen LogP contribution in [0, 0.1) is 0 Å². The van der Waals surface area contributed by atoms with Crippen molar-refractivity contribution in [2.45, 2.75) is 104 Å². The molecule has 0 radical (unpaired) electrons. The van der Waals surface area contributed by atoms with Gasteiger partial charge in [-0.1, -0.05) is 104 Å². The van der Waals surface area contributed by atoms with Crippen molar-refractivity contribution < 1.29 is 19.1 Å². The fraction of sp³-hybridized carbons (Fsp3) is 0.400. The maximum atomic E-state index is 13.2. The highest BCUT2D eigenvalue weighted by Crippen LogP contribution is 2.20. The number of carbonyl (C=O) groups is 3. The number of hydrogen-bond donors (Lipinski definition) is 3. The maximum absolute atomic E-state index is 13.2. The lowest BCUT2D eigenvalue weighted by Gasteiger charge is -2.32. The normalized spacial score (nSPS) is 12.6. The van der Waals surface area contributed by atoms with E-state index in [1.54, 1.807) is 38.1 Å². The number of halogens is 1. The molecule has 0 aliphatic heterocycles. The molecule has 0 aliphatic rings. The van der Waals surface area contributed by atoms with Crippen molar-refractivity contribution in [2.75, 3.05) is 13.1 Å². The Bertz CT molecular complexity index is 1570. The number of hydrogen-bond acceptors (Lipinski definition) is 4. The fourth-order valence-corrected chi connectivity index (χ4v) is 4.98. The Labute approximate surface area is 323 Å². The number of benzene rings is 2. The first-order chi connectivity index (χ1) is 25.4. The Hall–Kier alpha value is -4.62. The summed E-state index contributed by atoms with van der Waals surface area (Å²) in [5.41, 5.74) is -0.248. The van der Waals surface area contributed by atoms with E-state index in [4.69, 9.17) is 16.3 Å². The lowest BCUT2D eigenvalue weighted by atomic mass is 10.0. The summed E-state index contributed by atoms with van der Waals surface area (Å²) in [6, 6.07) is 14.2. The summed E-state index contributed by atoms with van der Waals surface area (Å²) in [5, 5.41) is 9.44. The zero-order valence-electron chi connectivity index (χ0n) is 32.3. The molecule has 0 bridgehead atoms.